The average Bonchev–Trinajstić information content (AvgIpc) is 2.22. The minimum Gasteiger partial charge on any atom is -0.376 e. The van der Waals surface area contributed by atoms with Crippen molar-refractivity contribution in [1.29, 1.82) is 0 Å². The molecule has 0 atom stereocenters. The van der Waals surface area contributed by atoms with Crippen LogP contribution in [-0.2, 0) is 0 Å². The lowest BCUT2D eigenvalue weighted by Crippen LogP contribution is -2.19. The molecule has 0 aliphatic heterocycles. The predicted molar refractivity (Wildman–Crippen MR) is 67.2 cm³/mol. The molecule has 0 saturated heterocycles. The van der Waals surface area contributed by atoms with Crippen molar-refractivity contribution in [2.24, 2.45) is 5.73 Å². The molecule has 0 spiro atoms. The monoisotopic (exact) mass is 237 g/mol. The van der Waals surface area contributed by atoms with Crippen molar-refractivity contribution in [3.8, 4) is 0 Å². The van der Waals surface area contributed by atoms with Gasteiger partial charge in [-0.05, 0) is 36.5 Å². The van der Waals surface area contributed by atoms with Crippen molar-refractivity contribution in [3.63, 3.8) is 0 Å². The average molecular weight is 238 g/mol. The first-order valence-electron chi connectivity index (χ1n) is 4.28. The van der Waals surface area contributed by atoms with Crippen LogP contribution in [-0.4, -0.2) is 10.1 Å². The largest absolute Gasteiger partial charge is 0.376 e. The van der Waals surface area contributed by atoms with Gasteiger partial charge in [0, 0.05) is 11.6 Å². The summed E-state index contributed by atoms with van der Waals surface area (Å²) >= 11 is 10.8. The normalized spacial score (nSPS) is 10.2. The zero-order chi connectivity index (χ0) is 10.8. The highest BCUT2D eigenvalue weighted by Gasteiger charge is 2.05. The SMILES string of the molecule is NC(=S)Nc1ccc(Cl)c2cccnc12. The second kappa shape index (κ2) is 4.00. The number of halogens is 1. The fourth-order valence-corrected chi connectivity index (χ4v) is 1.70. The maximum atomic E-state index is 6.03. The van der Waals surface area contributed by atoms with E-state index in [1.165, 1.54) is 0 Å². The first-order chi connectivity index (χ1) is 7.18. The molecule has 5 heteroatoms. The molecule has 1 aromatic heterocycles. The van der Waals surface area contributed by atoms with Crippen molar-refractivity contribution in [3.05, 3.63) is 35.5 Å². The number of fused-ring (bicyclic) bond motifs is 1. The number of benzene rings is 1. The van der Waals surface area contributed by atoms with Crippen LogP contribution < -0.4 is 11.1 Å². The van der Waals surface area contributed by atoms with E-state index < -0.39 is 0 Å². The molecule has 1 heterocycles. The number of hydrogen-bond acceptors (Lipinski definition) is 2. The van der Waals surface area contributed by atoms with Gasteiger partial charge >= 0.3 is 0 Å². The van der Waals surface area contributed by atoms with Crippen LogP contribution in [0.15, 0.2) is 30.5 Å². The molecule has 0 saturated carbocycles. The first kappa shape index (κ1) is 10.1. The lowest BCUT2D eigenvalue weighted by molar-refractivity contribution is 1.41. The Kier molecular flexibility index (Phi) is 2.70. The van der Waals surface area contributed by atoms with Gasteiger partial charge in [-0.1, -0.05) is 11.6 Å². The van der Waals surface area contributed by atoms with Gasteiger partial charge in [0.15, 0.2) is 5.11 Å². The van der Waals surface area contributed by atoms with Crippen LogP contribution in [0.1, 0.15) is 0 Å². The quantitative estimate of drug-likeness (QED) is 0.749. The Morgan fingerprint density at radius 3 is 2.93 bits per heavy atom. The van der Waals surface area contributed by atoms with Gasteiger partial charge in [-0.3, -0.25) is 4.98 Å². The number of thiocarbonyl (C=S) groups is 1. The molecular weight excluding hydrogens is 230 g/mol. The zero-order valence-electron chi connectivity index (χ0n) is 7.70. The number of pyridine rings is 1. The molecule has 0 unspecified atom stereocenters. The van der Waals surface area contributed by atoms with E-state index in [0.29, 0.717) is 5.02 Å². The number of aromatic nitrogens is 1. The van der Waals surface area contributed by atoms with Gasteiger partial charge in [0.2, 0.25) is 0 Å². The lowest BCUT2D eigenvalue weighted by atomic mass is 10.2. The van der Waals surface area contributed by atoms with Crippen LogP contribution in [0, 0.1) is 0 Å². The third kappa shape index (κ3) is 2.00. The molecule has 0 aliphatic rings. The van der Waals surface area contributed by atoms with Crippen molar-refractivity contribution in [2.75, 3.05) is 5.32 Å². The molecule has 76 valence electrons. The van der Waals surface area contributed by atoms with E-state index in [1.807, 2.05) is 12.1 Å². The van der Waals surface area contributed by atoms with Crippen molar-refractivity contribution < 1.29 is 0 Å². The zero-order valence-corrected chi connectivity index (χ0v) is 9.27. The van der Waals surface area contributed by atoms with Gasteiger partial charge in [-0.2, -0.15) is 0 Å². The second-order valence-corrected chi connectivity index (χ2v) is 3.83. The van der Waals surface area contributed by atoms with E-state index in [9.17, 15) is 0 Å². The molecule has 0 amide bonds. The minimum absolute atomic E-state index is 0.212. The Labute approximate surface area is 97.2 Å². The van der Waals surface area contributed by atoms with Gasteiger partial charge < -0.3 is 11.1 Å². The highest BCUT2D eigenvalue weighted by Crippen LogP contribution is 2.27. The molecule has 0 fully saturated rings. The Morgan fingerprint density at radius 2 is 2.20 bits per heavy atom. The van der Waals surface area contributed by atoms with Crippen LogP contribution in [0.25, 0.3) is 10.9 Å². The summed E-state index contributed by atoms with van der Waals surface area (Å²) in [6, 6.07) is 7.32. The van der Waals surface area contributed by atoms with Crippen molar-refractivity contribution in [2.45, 2.75) is 0 Å². The Bertz CT molecular complexity index is 527. The molecule has 2 aromatic rings. The van der Waals surface area contributed by atoms with Gasteiger partial charge in [0.25, 0.3) is 0 Å². The van der Waals surface area contributed by atoms with Crippen LogP contribution in [0.5, 0.6) is 0 Å². The summed E-state index contributed by atoms with van der Waals surface area (Å²) in [5, 5.41) is 4.61. The van der Waals surface area contributed by atoms with E-state index in [2.05, 4.69) is 10.3 Å². The molecule has 3 nitrogen and oxygen atoms in total. The van der Waals surface area contributed by atoms with Crippen molar-refractivity contribution >= 4 is 45.5 Å². The Hall–Kier alpha value is -1.39. The van der Waals surface area contributed by atoms with Crippen LogP contribution >= 0.6 is 23.8 Å². The van der Waals surface area contributed by atoms with E-state index in [0.717, 1.165) is 16.6 Å². The summed E-state index contributed by atoms with van der Waals surface area (Å²) < 4.78 is 0. The number of hydrogen-bond donors (Lipinski definition) is 2. The van der Waals surface area contributed by atoms with Gasteiger partial charge in [0.1, 0.15) is 0 Å². The Morgan fingerprint density at radius 1 is 1.40 bits per heavy atom. The first-order valence-corrected chi connectivity index (χ1v) is 5.07. The lowest BCUT2D eigenvalue weighted by Gasteiger charge is -2.07. The molecule has 2 rings (SSSR count). The van der Waals surface area contributed by atoms with E-state index in [-0.39, 0.29) is 5.11 Å². The van der Waals surface area contributed by atoms with Crippen LogP contribution in [0.4, 0.5) is 5.69 Å². The molecule has 3 N–H and O–H groups in total. The second-order valence-electron chi connectivity index (χ2n) is 2.98. The summed E-state index contributed by atoms with van der Waals surface area (Å²) in [5.41, 5.74) is 6.94. The van der Waals surface area contributed by atoms with Crippen LogP contribution in [0.3, 0.4) is 0 Å². The number of nitrogens with one attached hydrogen (secondary N) is 1. The van der Waals surface area contributed by atoms with Crippen LogP contribution in [0.2, 0.25) is 5.02 Å². The summed E-state index contributed by atoms with van der Waals surface area (Å²) in [6.45, 7) is 0. The predicted octanol–water partition coefficient (Wildman–Crippen LogP) is 2.54. The number of rotatable bonds is 1. The van der Waals surface area contributed by atoms with Gasteiger partial charge in [0.05, 0.1) is 16.2 Å². The smallest absolute Gasteiger partial charge is 0.168 e. The summed E-state index contributed by atoms with van der Waals surface area (Å²) in [5.74, 6) is 0. The minimum atomic E-state index is 0.212. The topological polar surface area (TPSA) is 50.9 Å². The highest BCUT2D eigenvalue weighted by atomic mass is 35.5. The van der Waals surface area contributed by atoms with Gasteiger partial charge in [-0.15, -0.1) is 0 Å². The molecular formula is C10H8ClN3S. The van der Waals surface area contributed by atoms with E-state index >= 15 is 0 Å². The third-order valence-electron chi connectivity index (χ3n) is 1.97. The molecule has 1 aromatic carbocycles. The molecule has 0 aliphatic carbocycles. The molecule has 0 radical (unpaired) electrons. The maximum Gasteiger partial charge on any atom is 0.168 e. The fraction of sp³-hybridized carbons (Fsp3) is 0. The Balaban J connectivity index is 2.66. The third-order valence-corrected chi connectivity index (χ3v) is 2.41. The van der Waals surface area contributed by atoms with Gasteiger partial charge in [-0.25, -0.2) is 0 Å². The number of nitrogens with zero attached hydrogens (tertiary/aromatic N) is 1. The van der Waals surface area contributed by atoms with E-state index in [4.69, 9.17) is 29.6 Å². The fourth-order valence-electron chi connectivity index (χ4n) is 1.37. The molecule has 15 heavy (non-hydrogen) atoms. The number of nitrogens with two attached hydrogens (primary N) is 1. The standard InChI is InChI=1S/C10H8ClN3S/c11-7-3-4-8(14-10(12)15)9-6(7)2-1-5-13-9/h1-5H,(H3,12,14,15). The summed E-state index contributed by atoms with van der Waals surface area (Å²) in [7, 11) is 0. The molecule has 0 bridgehead atoms. The maximum absolute atomic E-state index is 6.03. The van der Waals surface area contributed by atoms with Crippen molar-refractivity contribution in [1.82, 2.24) is 4.98 Å². The highest BCUT2D eigenvalue weighted by molar-refractivity contribution is 7.80. The number of anilines is 1. The summed E-state index contributed by atoms with van der Waals surface area (Å²) in [4.78, 5) is 4.23. The summed E-state index contributed by atoms with van der Waals surface area (Å²) in [6.07, 6.45) is 1.70. The van der Waals surface area contributed by atoms with E-state index in [1.54, 1.807) is 18.3 Å².